The molecule has 6 nitrogen and oxygen atoms in total. The van der Waals surface area contributed by atoms with Crippen LogP contribution in [-0.4, -0.2) is 61.7 Å². The van der Waals surface area contributed by atoms with Gasteiger partial charge in [-0.1, -0.05) is 6.07 Å². The summed E-state index contributed by atoms with van der Waals surface area (Å²) in [5.74, 6) is -1.09. The molecular formula is C14H19FO6. The number of hydrogen-bond acceptors (Lipinski definition) is 6. The Morgan fingerprint density at radius 1 is 1.19 bits per heavy atom. The summed E-state index contributed by atoms with van der Waals surface area (Å²) in [5, 5.41) is 56.3. The second kappa shape index (κ2) is 7.48. The van der Waals surface area contributed by atoms with Crippen LogP contribution in [0.3, 0.4) is 0 Å². The molecule has 0 radical (unpaired) electrons. The van der Waals surface area contributed by atoms with Crippen LogP contribution >= 0.6 is 0 Å². The molecule has 1 aromatic carbocycles. The van der Waals surface area contributed by atoms with Crippen LogP contribution in [0.2, 0.25) is 0 Å². The zero-order valence-electron chi connectivity index (χ0n) is 11.4. The van der Waals surface area contributed by atoms with Crippen LogP contribution in [0.4, 0.5) is 4.39 Å². The van der Waals surface area contributed by atoms with Crippen molar-refractivity contribution in [3.63, 3.8) is 0 Å². The van der Waals surface area contributed by atoms with Crippen LogP contribution < -0.4 is 0 Å². The smallest absolute Gasteiger partial charge is 0.139 e. The largest absolute Gasteiger partial charge is 0.509 e. The van der Waals surface area contributed by atoms with Crippen molar-refractivity contribution in [2.75, 3.05) is 6.61 Å². The van der Waals surface area contributed by atoms with Gasteiger partial charge in [0.1, 0.15) is 36.0 Å². The van der Waals surface area contributed by atoms with E-state index in [1.807, 2.05) is 0 Å². The maximum Gasteiger partial charge on any atom is 0.139 e. The average molecular weight is 302 g/mol. The normalized spacial score (nSPS) is 18.1. The first-order chi connectivity index (χ1) is 9.77. The van der Waals surface area contributed by atoms with E-state index in [0.29, 0.717) is 11.1 Å². The number of halogens is 1. The first kappa shape index (κ1) is 17.5. The van der Waals surface area contributed by atoms with Gasteiger partial charge in [-0.05, 0) is 36.3 Å². The van der Waals surface area contributed by atoms with Gasteiger partial charge in [0.2, 0.25) is 0 Å². The molecule has 0 aliphatic rings. The van der Waals surface area contributed by atoms with Crippen molar-refractivity contribution in [3.05, 3.63) is 40.9 Å². The number of aryl methyl sites for hydroxylation is 1. The molecule has 118 valence electrons. The highest BCUT2D eigenvalue weighted by atomic mass is 19.1. The predicted molar refractivity (Wildman–Crippen MR) is 72.9 cm³/mol. The van der Waals surface area contributed by atoms with Crippen molar-refractivity contribution in [1.29, 1.82) is 0 Å². The van der Waals surface area contributed by atoms with E-state index in [2.05, 4.69) is 0 Å². The van der Waals surface area contributed by atoms with Crippen molar-refractivity contribution in [2.45, 2.75) is 31.3 Å². The summed E-state index contributed by atoms with van der Waals surface area (Å²) in [7, 11) is 0. The summed E-state index contributed by atoms with van der Waals surface area (Å²) in [5.41, 5.74) is 0.720. The van der Waals surface area contributed by atoms with E-state index in [1.165, 1.54) is 25.1 Å². The molecule has 0 fully saturated rings. The molecular weight excluding hydrogens is 283 g/mol. The number of aliphatic hydroxyl groups is 6. The molecule has 0 heterocycles. The summed E-state index contributed by atoms with van der Waals surface area (Å²) >= 11 is 0. The summed E-state index contributed by atoms with van der Waals surface area (Å²) in [4.78, 5) is 0. The Morgan fingerprint density at radius 3 is 2.33 bits per heavy atom. The van der Waals surface area contributed by atoms with Gasteiger partial charge in [-0.2, -0.15) is 0 Å². The highest BCUT2D eigenvalue weighted by Gasteiger charge is 2.32. The minimum absolute atomic E-state index is 0.335. The minimum atomic E-state index is -1.90. The number of hydrogen-bond donors (Lipinski definition) is 6. The van der Waals surface area contributed by atoms with Gasteiger partial charge >= 0.3 is 0 Å². The topological polar surface area (TPSA) is 121 Å². The summed E-state index contributed by atoms with van der Waals surface area (Å²) < 4.78 is 13.1. The summed E-state index contributed by atoms with van der Waals surface area (Å²) in [6, 6.07) is 3.96. The maximum absolute atomic E-state index is 13.1. The lowest BCUT2D eigenvalue weighted by Crippen LogP contribution is -2.46. The highest BCUT2D eigenvalue weighted by molar-refractivity contribution is 5.53. The Morgan fingerprint density at radius 2 is 1.81 bits per heavy atom. The summed E-state index contributed by atoms with van der Waals surface area (Å²) in [6.45, 7) is 0.711. The Hall–Kier alpha value is -1.51. The molecule has 0 amide bonds. The fraction of sp³-hybridized carbons (Fsp3) is 0.429. The Kier molecular flexibility index (Phi) is 6.25. The van der Waals surface area contributed by atoms with Gasteiger partial charge in [0, 0.05) is 0 Å². The van der Waals surface area contributed by atoms with Gasteiger partial charge in [0.15, 0.2) is 0 Å². The van der Waals surface area contributed by atoms with Crippen LogP contribution in [0, 0.1) is 12.7 Å². The van der Waals surface area contributed by atoms with E-state index in [9.17, 15) is 29.9 Å². The fourth-order valence-corrected chi connectivity index (χ4v) is 1.71. The molecule has 0 aromatic heterocycles. The number of rotatable bonds is 6. The molecule has 0 aliphatic heterocycles. The lowest BCUT2D eigenvalue weighted by Gasteiger charge is -2.25. The third-order valence-electron chi connectivity index (χ3n) is 3.05. The molecule has 6 N–H and O–H groups in total. The highest BCUT2D eigenvalue weighted by Crippen LogP contribution is 2.16. The molecule has 4 atom stereocenters. The zero-order valence-corrected chi connectivity index (χ0v) is 11.4. The van der Waals surface area contributed by atoms with Crippen LogP contribution in [0.5, 0.6) is 0 Å². The predicted octanol–water partition coefficient (Wildman–Crippen LogP) is -0.531. The lowest BCUT2D eigenvalue weighted by atomic mass is 10.0. The first-order valence-corrected chi connectivity index (χ1v) is 6.27. The molecule has 0 saturated carbocycles. The van der Waals surface area contributed by atoms with E-state index < -0.39 is 42.6 Å². The average Bonchev–Trinajstić information content (AvgIpc) is 2.47. The maximum atomic E-state index is 13.1. The quantitative estimate of drug-likeness (QED) is 0.393. The first-order valence-electron chi connectivity index (χ1n) is 6.27. The van der Waals surface area contributed by atoms with E-state index in [1.54, 1.807) is 0 Å². The zero-order chi connectivity index (χ0) is 16.2. The molecule has 1 rings (SSSR count). The second-order valence-corrected chi connectivity index (χ2v) is 4.75. The number of benzene rings is 1. The molecule has 0 saturated heterocycles. The lowest BCUT2D eigenvalue weighted by molar-refractivity contribution is -0.112. The Balaban J connectivity index is 2.87. The van der Waals surface area contributed by atoms with Crippen LogP contribution in [0.25, 0.3) is 6.08 Å². The molecule has 21 heavy (non-hydrogen) atoms. The minimum Gasteiger partial charge on any atom is -0.509 e. The Labute approximate surface area is 121 Å². The molecule has 4 unspecified atom stereocenters. The van der Waals surface area contributed by atoms with Crippen molar-refractivity contribution in [2.24, 2.45) is 0 Å². The molecule has 0 spiro atoms. The summed E-state index contributed by atoms with van der Waals surface area (Å²) in [6.07, 6.45) is -6.17. The third kappa shape index (κ3) is 4.48. The molecule has 0 bridgehead atoms. The fourth-order valence-electron chi connectivity index (χ4n) is 1.71. The van der Waals surface area contributed by atoms with Gasteiger partial charge in [0.25, 0.3) is 0 Å². The standard InChI is InChI=1S/C14H19FO6/c1-7-4-8(2-3-9(7)15)5-10(17)12(19)14(21)13(20)11(18)6-16/h2-5,11-14,16-21H,6H2,1H3. The van der Waals surface area contributed by atoms with Crippen LogP contribution in [0.1, 0.15) is 11.1 Å². The SMILES string of the molecule is Cc1cc(C=C(O)C(O)C(O)C(O)C(O)CO)ccc1F. The van der Waals surface area contributed by atoms with Crippen molar-refractivity contribution in [1.82, 2.24) is 0 Å². The third-order valence-corrected chi connectivity index (χ3v) is 3.05. The van der Waals surface area contributed by atoms with E-state index in [4.69, 9.17) is 5.11 Å². The van der Waals surface area contributed by atoms with Crippen molar-refractivity contribution < 1.29 is 35.0 Å². The van der Waals surface area contributed by atoms with E-state index in [-0.39, 0.29) is 0 Å². The van der Waals surface area contributed by atoms with Gasteiger partial charge in [-0.15, -0.1) is 0 Å². The number of aliphatic hydroxyl groups excluding tert-OH is 6. The molecule has 7 heteroatoms. The van der Waals surface area contributed by atoms with E-state index >= 15 is 0 Å². The van der Waals surface area contributed by atoms with Gasteiger partial charge in [-0.25, -0.2) is 4.39 Å². The van der Waals surface area contributed by atoms with E-state index in [0.717, 1.165) is 6.08 Å². The molecule has 0 aliphatic carbocycles. The van der Waals surface area contributed by atoms with Crippen LogP contribution in [-0.2, 0) is 0 Å². The van der Waals surface area contributed by atoms with Gasteiger partial charge in [-0.3, -0.25) is 0 Å². The van der Waals surface area contributed by atoms with Crippen molar-refractivity contribution in [3.8, 4) is 0 Å². The van der Waals surface area contributed by atoms with Crippen molar-refractivity contribution >= 4 is 6.08 Å². The van der Waals surface area contributed by atoms with Gasteiger partial charge < -0.3 is 30.6 Å². The Bertz CT molecular complexity index is 504. The second-order valence-electron chi connectivity index (χ2n) is 4.75. The molecule has 1 aromatic rings. The monoisotopic (exact) mass is 302 g/mol. The van der Waals surface area contributed by atoms with Gasteiger partial charge in [0.05, 0.1) is 6.61 Å². The van der Waals surface area contributed by atoms with Crippen LogP contribution in [0.15, 0.2) is 24.0 Å².